The van der Waals surface area contributed by atoms with Gasteiger partial charge in [-0.15, -0.1) is 0 Å². The summed E-state index contributed by atoms with van der Waals surface area (Å²) in [5.74, 6) is 0. The Balaban J connectivity index is 2.27. The Morgan fingerprint density at radius 1 is 1.20 bits per heavy atom. The molecule has 0 bridgehead atoms. The molecule has 2 atom stereocenters. The summed E-state index contributed by atoms with van der Waals surface area (Å²) >= 11 is 1.37. The van der Waals surface area contributed by atoms with Gasteiger partial charge in [-0.2, -0.15) is 0 Å². The zero-order valence-corrected chi connectivity index (χ0v) is 12.9. The predicted molar refractivity (Wildman–Crippen MR) is 86.0 cm³/mol. The summed E-state index contributed by atoms with van der Waals surface area (Å²) in [6, 6.07) is 14.2. The van der Waals surface area contributed by atoms with E-state index in [0.29, 0.717) is 5.25 Å². The minimum Gasteiger partial charge on any atom is -0.368 e. The SMILES string of the molecule is CC[C@H](C)SC(=O)[C@H](OC)c1ccc2ccccc2c1. The van der Waals surface area contributed by atoms with Gasteiger partial charge in [-0.05, 0) is 28.8 Å². The smallest absolute Gasteiger partial charge is 0.222 e. The fourth-order valence-electron chi connectivity index (χ4n) is 2.08. The molecular formula is C17H20O2S. The molecule has 3 heteroatoms. The molecule has 0 saturated carbocycles. The van der Waals surface area contributed by atoms with Crippen molar-refractivity contribution in [1.82, 2.24) is 0 Å². The monoisotopic (exact) mass is 288 g/mol. The van der Waals surface area contributed by atoms with Crippen LogP contribution in [0.5, 0.6) is 0 Å². The van der Waals surface area contributed by atoms with Gasteiger partial charge < -0.3 is 4.74 Å². The Morgan fingerprint density at radius 2 is 1.90 bits per heavy atom. The number of ether oxygens (including phenoxy) is 1. The maximum atomic E-state index is 12.3. The maximum Gasteiger partial charge on any atom is 0.222 e. The summed E-state index contributed by atoms with van der Waals surface area (Å²) in [6.07, 6.45) is 0.489. The van der Waals surface area contributed by atoms with Crippen molar-refractivity contribution in [2.75, 3.05) is 7.11 Å². The highest BCUT2D eigenvalue weighted by atomic mass is 32.2. The van der Waals surface area contributed by atoms with Crippen molar-refractivity contribution in [3.8, 4) is 0 Å². The van der Waals surface area contributed by atoms with Gasteiger partial charge in [0.2, 0.25) is 5.12 Å². The van der Waals surface area contributed by atoms with E-state index in [4.69, 9.17) is 4.74 Å². The minimum atomic E-state index is -0.487. The average Bonchev–Trinajstić information content (AvgIpc) is 2.47. The largest absolute Gasteiger partial charge is 0.368 e. The van der Waals surface area contributed by atoms with Crippen LogP contribution in [0.15, 0.2) is 42.5 Å². The van der Waals surface area contributed by atoms with Crippen molar-refractivity contribution in [1.29, 1.82) is 0 Å². The first-order valence-electron chi connectivity index (χ1n) is 6.87. The van der Waals surface area contributed by atoms with Crippen LogP contribution in [0.1, 0.15) is 31.9 Å². The molecule has 0 N–H and O–H groups in total. The Bertz CT molecular complexity index is 594. The first-order valence-corrected chi connectivity index (χ1v) is 7.75. The summed E-state index contributed by atoms with van der Waals surface area (Å²) < 4.78 is 5.42. The lowest BCUT2D eigenvalue weighted by Crippen LogP contribution is -2.14. The second-order valence-electron chi connectivity index (χ2n) is 4.88. The van der Waals surface area contributed by atoms with Gasteiger partial charge in [0, 0.05) is 12.4 Å². The predicted octanol–water partition coefficient (Wildman–Crippen LogP) is 4.59. The van der Waals surface area contributed by atoms with Gasteiger partial charge in [-0.3, -0.25) is 4.79 Å². The Kier molecular flexibility index (Phi) is 5.21. The van der Waals surface area contributed by atoms with Crippen LogP contribution >= 0.6 is 11.8 Å². The molecule has 0 heterocycles. The van der Waals surface area contributed by atoms with Gasteiger partial charge in [-0.25, -0.2) is 0 Å². The second kappa shape index (κ2) is 6.91. The highest BCUT2D eigenvalue weighted by Crippen LogP contribution is 2.29. The van der Waals surface area contributed by atoms with E-state index >= 15 is 0 Å². The summed E-state index contributed by atoms with van der Waals surface area (Å²) in [7, 11) is 1.59. The minimum absolute atomic E-state index is 0.0807. The molecule has 0 aliphatic rings. The lowest BCUT2D eigenvalue weighted by atomic mass is 10.0. The number of hydrogen-bond acceptors (Lipinski definition) is 3. The molecule has 2 nitrogen and oxygen atoms in total. The number of thioether (sulfide) groups is 1. The Morgan fingerprint density at radius 3 is 2.55 bits per heavy atom. The molecule has 0 radical (unpaired) electrons. The number of carbonyl (C=O) groups is 1. The molecule has 0 aliphatic heterocycles. The number of hydrogen-bond donors (Lipinski definition) is 0. The lowest BCUT2D eigenvalue weighted by Gasteiger charge is -2.16. The van der Waals surface area contributed by atoms with Crippen LogP contribution < -0.4 is 0 Å². The maximum absolute atomic E-state index is 12.3. The molecule has 20 heavy (non-hydrogen) atoms. The van der Waals surface area contributed by atoms with E-state index < -0.39 is 6.10 Å². The van der Waals surface area contributed by atoms with Gasteiger partial charge in [-0.1, -0.05) is 62.0 Å². The molecule has 0 fully saturated rings. The van der Waals surface area contributed by atoms with Crippen LogP contribution in [0.3, 0.4) is 0 Å². The molecule has 2 rings (SSSR count). The molecule has 2 aromatic rings. The van der Waals surface area contributed by atoms with E-state index in [-0.39, 0.29) is 5.12 Å². The third-order valence-electron chi connectivity index (χ3n) is 3.42. The summed E-state index contributed by atoms with van der Waals surface area (Å²) in [5, 5.41) is 2.71. The first-order chi connectivity index (χ1) is 9.65. The van der Waals surface area contributed by atoms with Gasteiger partial charge in [0.05, 0.1) is 0 Å². The topological polar surface area (TPSA) is 26.3 Å². The first kappa shape index (κ1) is 15.1. The van der Waals surface area contributed by atoms with Crippen LogP contribution in [0, 0.1) is 0 Å². The van der Waals surface area contributed by atoms with Crippen LogP contribution in [-0.4, -0.2) is 17.5 Å². The van der Waals surface area contributed by atoms with E-state index in [0.717, 1.165) is 17.4 Å². The van der Waals surface area contributed by atoms with Crippen LogP contribution in [0.2, 0.25) is 0 Å². The van der Waals surface area contributed by atoms with Crippen molar-refractivity contribution in [3.63, 3.8) is 0 Å². The Hall–Kier alpha value is -1.32. The van der Waals surface area contributed by atoms with Gasteiger partial charge in [0.15, 0.2) is 6.10 Å². The Labute approximate surface area is 124 Å². The molecule has 0 aliphatic carbocycles. The van der Waals surface area contributed by atoms with Crippen molar-refractivity contribution in [2.45, 2.75) is 31.6 Å². The van der Waals surface area contributed by atoms with Crippen molar-refractivity contribution >= 4 is 27.6 Å². The highest BCUT2D eigenvalue weighted by Gasteiger charge is 2.22. The van der Waals surface area contributed by atoms with E-state index in [1.165, 1.54) is 17.1 Å². The quantitative estimate of drug-likeness (QED) is 0.805. The molecule has 0 unspecified atom stereocenters. The highest BCUT2D eigenvalue weighted by molar-refractivity contribution is 8.14. The number of fused-ring (bicyclic) bond motifs is 1. The molecule has 106 valence electrons. The molecule has 2 aromatic carbocycles. The third-order valence-corrected chi connectivity index (χ3v) is 4.60. The fraction of sp³-hybridized carbons (Fsp3) is 0.353. The lowest BCUT2D eigenvalue weighted by molar-refractivity contribution is -0.120. The number of methoxy groups -OCH3 is 1. The van der Waals surface area contributed by atoms with Crippen LogP contribution in [-0.2, 0) is 9.53 Å². The van der Waals surface area contributed by atoms with E-state index in [1.807, 2.05) is 30.3 Å². The van der Waals surface area contributed by atoms with Crippen molar-refractivity contribution in [2.24, 2.45) is 0 Å². The van der Waals surface area contributed by atoms with Crippen LogP contribution in [0.4, 0.5) is 0 Å². The molecule has 0 amide bonds. The molecule has 0 saturated heterocycles. The van der Waals surface area contributed by atoms with Crippen molar-refractivity contribution in [3.05, 3.63) is 48.0 Å². The molecular weight excluding hydrogens is 268 g/mol. The number of benzene rings is 2. The second-order valence-corrected chi connectivity index (χ2v) is 6.32. The number of carbonyl (C=O) groups excluding carboxylic acids is 1. The van der Waals surface area contributed by atoms with Gasteiger partial charge >= 0.3 is 0 Å². The number of rotatable bonds is 5. The molecule has 0 aromatic heterocycles. The normalized spacial score (nSPS) is 14.2. The van der Waals surface area contributed by atoms with Crippen molar-refractivity contribution < 1.29 is 9.53 Å². The standard InChI is InChI=1S/C17H20O2S/c1-4-12(2)20-17(18)16(19-3)15-10-9-13-7-5-6-8-14(13)11-15/h5-12,16H,4H2,1-3H3/t12-,16+/m0/s1. The average molecular weight is 288 g/mol. The summed E-state index contributed by atoms with van der Waals surface area (Å²) in [6.45, 7) is 4.15. The fourth-order valence-corrected chi connectivity index (χ4v) is 3.00. The zero-order chi connectivity index (χ0) is 14.5. The van der Waals surface area contributed by atoms with E-state index in [1.54, 1.807) is 7.11 Å². The molecule has 0 spiro atoms. The van der Waals surface area contributed by atoms with E-state index in [2.05, 4.69) is 26.0 Å². The third kappa shape index (κ3) is 3.41. The zero-order valence-electron chi connectivity index (χ0n) is 12.1. The van der Waals surface area contributed by atoms with Gasteiger partial charge in [0.25, 0.3) is 0 Å². The summed E-state index contributed by atoms with van der Waals surface area (Å²) in [5.41, 5.74) is 0.923. The van der Waals surface area contributed by atoms with Gasteiger partial charge in [0.1, 0.15) is 0 Å². The van der Waals surface area contributed by atoms with Crippen LogP contribution in [0.25, 0.3) is 10.8 Å². The van der Waals surface area contributed by atoms with E-state index in [9.17, 15) is 4.79 Å². The summed E-state index contributed by atoms with van der Waals surface area (Å²) in [4.78, 5) is 12.3.